The van der Waals surface area contributed by atoms with Gasteiger partial charge in [-0.3, -0.25) is 4.79 Å². The standard InChI is InChI=1S/C23H21N5O2S/c1-14(2)22-28-20(15-7-4-3-5-8-15)23(31-22)30-16-11-12-25-19(13-16)27-18-10-6-9-17(26-18)21(24)29/h3-14H,1-2H3,(H2,24,29)(H,25,26,27). The molecule has 156 valence electrons. The molecule has 0 saturated heterocycles. The number of nitrogens with one attached hydrogen (secondary N) is 1. The molecule has 4 rings (SSSR count). The van der Waals surface area contributed by atoms with Gasteiger partial charge in [0.15, 0.2) is 0 Å². The molecule has 0 unspecified atom stereocenters. The molecule has 0 atom stereocenters. The average molecular weight is 432 g/mol. The van der Waals surface area contributed by atoms with E-state index in [2.05, 4.69) is 29.1 Å². The number of pyridine rings is 2. The van der Waals surface area contributed by atoms with Gasteiger partial charge in [-0.15, -0.1) is 0 Å². The Morgan fingerprint density at radius 1 is 1.03 bits per heavy atom. The number of hydrogen-bond donors (Lipinski definition) is 2. The smallest absolute Gasteiger partial charge is 0.267 e. The van der Waals surface area contributed by atoms with Crippen LogP contribution in [0.3, 0.4) is 0 Å². The average Bonchev–Trinajstić information content (AvgIpc) is 3.19. The molecule has 0 spiro atoms. The summed E-state index contributed by atoms with van der Waals surface area (Å²) in [6.07, 6.45) is 1.64. The molecule has 3 aromatic heterocycles. The van der Waals surface area contributed by atoms with Crippen LogP contribution >= 0.6 is 11.3 Å². The number of aromatic nitrogens is 3. The molecule has 0 bridgehead atoms. The second kappa shape index (κ2) is 8.93. The number of carbonyl (C=O) groups excluding carboxylic acids is 1. The largest absolute Gasteiger partial charge is 0.444 e. The molecule has 1 amide bonds. The monoisotopic (exact) mass is 431 g/mol. The van der Waals surface area contributed by atoms with E-state index in [1.807, 2.05) is 30.3 Å². The van der Waals surface area contributed by atoms with Crippen LogP contribution in [-0.2, 0) is 0 Å². The molecule has 0 aliphatic rings. The van der Waals surface area contributed by atoms with E-state index in [4.69, 9.17) is 15.5 Å². The van der Waals surface area contributed by atoms with Crippen molar-refractivity contribution in [3.05, 3.63) is 77.6 Å². The van der Waals surface area contributed by atoms with Crippen LogP contribution in [0.4, 0.5) is 11.6 Å². The van der Waals surface area contributed by atoms with Gasteiger partial charge >= 0.3 is 0 Å². The van der Waals surface area contributed by atoms with Crippen LogP contribution in [0.1, 0.15) is 35.3 Å². The minimum atomic E-state index is -0.590. The van der Waals surface area contributed by atoms with Crippen molar-refractivity contribution in [2.75, 3.05) is 5.32 Å². The number of nitrogens with zero attached hydrogens (tertiary/aromatic N) is 3. The van der Waals surface area contributed by atoms with Gasteiger partial charge in [-0.1, -0.05) is 61.6 Å². The van der Waals surface area contributed by atoms with Gasteiger partial charge < -0.3 is 15.8 Å². The summed E-state index contributed by atoms with van der Waals surface area (Å²) in [6, 6.07) is 18.5. The third-order valence-corrected chi connectivity index (χ3v) is 5.59. The summed E-state index contributed by atoms with van der Waals surface area (Å²) >= 11 is 1.53. The number of carbonyl (C=O) groups is 1. The van der Waals surface area contributed by atoms with Crippen molar-refractivity contribution in [2.24, 2.45) is 5.73 Å². The first-order chi connectivity index (χ1) is 15.0. The van der Waals surface area contributed by atoms with E-state index in [0.29, 0.717) is 23.3 Å². The highest BCUT2D eigenvalue weighted by Crippen LogP contribution is 2.40. The lowest BCUT2D eigenvalue weighted by molar-refractivity contribution is 0.0995. The van der Waals surface area contributed by atoms with Crippen LogP contribution in [-0.4, -0.2) is 20.9 Å². The lowest BCUT2D eigenvalue weighted by Crippen LogP contribution is -2.13. The molecule has 0 aliphatic carbocycles. The Morgan fingerprint density at radius 2 is 1.84 bits per heavy atom. The van der Waals surface area contributed by atoms with Crippen LogP contribution in [0.25, 0.3) is 11.3 Å². The summed E-state index contributed by atoms with van der Waals surface area (Å²) < 4.78 is 6.22. The molecule has 8 heteroatoms. The fraction of sp³-hybridized carbons (Fsp3) is 0.130. The van der Waals surface area contributed by atoms with Crippen LogP contribution in [0.2, 0.25) is 0 Å². The highest BCUT2D eigenvalue weighted by atomic mass is 32.1. The molecule has 1 aromatic carbocycles. The van der Waals surface area contributed by atoms with Gasteiger partial charge in [-0.2, -0.15) is 0 Å². The molecular weight excluding hydrogens is 410 g/mol. The van der Waals surface area contributed by atoms with Crippen molar-refractivity contribution in [3.8, 4) is 22.1 Å². The fourth-order valence-electron chi connectivity index (χ4n) is 2.84. The van der Waals surface area contributed by atoms with Crippen molar-refractivity contribution in [2.45, 2.75) is 19.8 Å². The van der Waals surface area contributed by atoms with Crippen LogP contribution in [0.15, 0.2) is 66.9 Å². The first-order valence-electron chi connectivity index (χ1n) is 9.73. The summed E-state index contributed by atoms with van der Waals surface area (Å²) in [6.45, 7) is 4.22. The number of anilines is 2. The minimum Gasteiger partial charge on any atom is -0.444 e. The minimum absolute atomic E-state index is 0.177. The second-order valence-corrected chi connectivity index (χ2v) is 8.08. The van der Waals surface area contributed by atoms with E-state index in [9.17, 15) is 4.79 Å². The number of nitrogens with two attached hydrogens (primary N) is 1. The summed E-state index contributed by atoms with van der Waals surface area (Å²) in [7, 11) is 0. The fourth-order valence-corrected chi connectivity index (χ4v) is 3.80. The lowest BCUT2D eigenvalue weighted by Gasteiger charge is -2.09. The Kier molecular flexibility index (Phi) is 5.90. The number of rotatable bonds is 7. The number of amides is 1. The second-order valence-electron chi connectivity index (χ2n) is 7.09. The van der Waals surface area contributed by atoms with Crippen molar-refractivity contribution >= 4 is 28.9 Å². The lowest BCUT2D eigenvalue weighted by atomic mass is 10.1. The Hall–Kier alpha value is -3.78. The first-order valence-corrected chi connectivity index (χ1v) is 10.5. The number of ether oxygens (including phenoxy) is 1. The zero-order valence-electron chi connectivity index (χ0n) is 17.1. The van der Waals surface area contributed by atoms with Crippen LogP contribution in [0, 0.1) is 0 Å². The maximum Gasteiger partial charge on any atom is 0.267 e. The molecule has 3 N–H and O–H groups in total. The number of benzene rings is 1. The number of thiazole rings is 1. The van der Waals surface area contributed by atoms with Gasteiger partial charge in [-0.05, 0) is 18.2 Å². The Morgan fingerprint density at radius 3 is 2.58 bits per heavy atom. The van der Waals surface area contributed by atoms with Crippen molar-refractivity contribution in [3.63, 3.8) is 0 Å². The number of hydrogen-bond acceptors (Lipinski definition) is 7. The highest BCUT2D eigenvalue weighted by molar-refractivity contribution is 7.14. The van der Waals surface area contributed by atoms with Crippen LogP contribution in [0.5, 0.6) is 10.8 Å². The maximum absolute atomic E-state index is 11.4. The van der Waals surface area contributed by atoms with Gasteiger partial charge in [0.25, 0.3) is 5.91 Å². The maximum atomic E-state index is 11.4. The molecule has 0 saturated carbocycles. The van der Waals surface area contributed by atoms with E-state index in [-0.39, 0.29) is 5.69 Å². The van der Waals surface area contributed by atoms with Gasteiger partial charge in [0, 0.05) is 23.7 Å². The third kappa shape index (κ3) is 4.87. The number of primary amides is 1. The highest BCUT2D eigenvalue weighted by Gasteiger charge is 2.17. The molecule has 0 fully saturated rings. The quantitative estimate of drug-likeness (QED) is 0.408. The van der Waals surface area contributed by atoms with Crippen LogP contribution < -0.4 is 15.8 Å². The Labute approximate surface area is 184 Å². The van der Waals surface area contributed by atoms with E-state index < -0.39 is 5.91 Å². The topological polar surface area (TPSA) is 103 Å². The summed E-state index contributed by atoms with van der Waals surface area (Å²) in [5.74, 6) is 1.31. The zero-order chi connectivity index (χ0) is 21.8. The van der Waals surface area contributed by atoms with Gasteiger partial charge in [0.2, 0.25) is 5.06 Å². The van der Waals surface area contributed by atoms with Crippen molar-refractivity contribution in [1.82, 2.24) is 15.0 Å². The molecule has 3 heterocycles. The summed E-state index contributed by atoms with van der Waals surface area (Å²) in [5.41, 5.74) is 7.30. The van der Waals surface area contributed by atoms with E-state index in [1.54, 1.807) is 36.5 Å². The summed E-state index contributed by atoms with van der Waals surface area (Å²) in [5, 5.41) is 4.80. The van der Waals surface area contributed by atoms with Crippen molar-refractivity contribution in [1.29, 1.82) is 0 Å². The van der Waals surface area contributed by atoms with E-state index in [0.717, 1.165) is 21.3 Å². The Balaban J connectivity index is 1.61. The normalized spacial score (nSPS) is 10.8. The van der Waals surface area contributed by atoms with Gasteiger partial charge in [0.05, 0.1) is 5.01 Å². The zero-order valence-corrected chi connectivity index (χ0v) is 17.9. The first kappa shape index (κ1) is 20.5. The molecule has 0 radical (unpaired) electrons. The van der Waals surface area contributed by atoms with Gasteiger partial charge in [0.1, 0.15) is 28.8 Å². The van der Waals surface area contributed by atoms with E-state index in [1.165, 1.54) is 11.3 Å². The Bertz CT molecular complexity index is 1210. The molecule has 31 heavy (non-hydrogen) atoms. The predicted octanol–water partition coefficient (Wildman–Crippen LogP) is 5.36. The molecular formula is C23H21N5O2S. The van der Waals surface area contributed by atoms with E-state index >= 15 is 0 Å². The third-order valence-electron chi connectivity index (χ3n) is 4.35. The van der Waals surface area contributed by atoms with Crippen molar-refractivity contribution < 1.29 is 9.53 Å². The molecule has 4 aromatic rings. The molecule has 7 nitrogen and oxygen atoms in total. The molecule has 0 aliphatic heterocycles. The van der Waals surface area contributed by atoms with Gasteiger partial charge in [-0.25, -0.2) is 15.0 Å². The predicted molar refractivity (Wildman–Crippen MR) is 122 cm³/mol. The SMILES string of the molecule is CC(C)c1nc(-c2ccccc2)c(Oc2ccnc(Nc3cccc(C(N)=O)n3)c2)s1. The summed E-state index contributed by atoms with van der Waals surface area (Å²) in [4.78, 5) is 24.6.